The molecule has 0 saturated carbocycles. The van der Waals surface area contributed by atoms with Crippen molar-refractivity contribution in [2.24, 2.45) is 0 Å². The van der Waals surface area contributed by atoms with Crippen molar-refractivity contribution < 1.29 is 9.13 Å². The van der Waals surface area contributed by atoms with E-state index in [0.717, 1.165) is 0 Å². The molecule has 106 valence electrons. The molecule has 1 aromatic heterocycles. The number of ether oxygens (including phenoxy) is 1. The molecule has 0 spiro atoms. The highest BCUT2D eigenvalue weighted by atomic mass is 79.9. The summed E-state index contributed by atoms with van der Waals surface area (Å²) in [6.07, 6.45) is 1.52. The van der Waals surface area contributed by atoms with Gasteiger partial charge in [0.1, 0.15) is 0 Å². The number of anilines is 1. The molecule has 1 aromatic carbocycles. The fourth-order valence-electron chi connectivity index (χ4n) is 1.87. The van der Waals surface area contributed by atoms with Crippen molar-refractivity contribution >= 4 is 21.6 Å². The standard InChI is InChI=1S/C14H14BrFN2O2/c1-8-10(17)7-18(14(19)12(8)15)6-9-4-3-5-11(20-2)13(9)16/h3-5,7H,6,17H2,1-2H3. The average molecular weight is 341 g/mol. The Kier molecular flexibility index (Phi) is 4.13. The lowest BCUT2D eigenvalue weighted by molar-refractivity contribution is 0.383. The van der Waals surface area contributed by atoms with E-state index in [4.69, 9.17) is 10.5 Å². The van der Waals surface area contributed by atoms with E-state index in [1.807, 2.05) is 0 Å². The summed E-state index contributed by atoms with van der Waals surface area (Å²) in [5.41, 5.74) is 7.09. The molecule has 0 unspecified atom stereocenters. The molecule has 0 atom stereocenters. The van der Waals surface area contributed by atoms with E-state index in [0.29, 0.717) is 21.3 Å². The zero-order valence-corrected chi connectivity index (χ0v) is 12.7. The molecule has 0 radical (unpaired) electrons. The smallest absolute Gasteiger partial charge is 0.265 e. The largest absolute Gasteiger partial charge is 0.494 e. The number of rotatable bonds is 3. The van der Waals surface area contributed by atoms with Gasteiger partial charge in [-0.25, -0.2) is 4.39 Å². The first-order valence-corrected chi connectivity index (χ1v) is 6.71. The van der Waals surface area contributed by atoms with Gasteiger partial charge in [0.25, 0.3) is 5.56 Å². The highest BCUT2D eigenvalue weighted by Crippen LogP contribution is 2.22. The normalized spacial score (nSPS) is 10.6. The number of methoxy groups -OCH3 is 1. The Hall–Kier alpha value is -1.82. The maximum Gasteiger partial charge on any atom is 0.265 e. The van der Waals surface area contributed by atoms with Crippen LogP contribution in [0.1, 0.15) is 11.1 Å². The summed E-state index contributed by atoms with van der Waals surface area (Å²) in [6.45, 7) is 1.84. The molecule has 2 N–H and O–H groups in total. The van der Waals surface area contributed by atoms with Gasteiger partial charge in [-0.1, -0.05) is 12.1 Å². The first-order chi connectivity index (χ1) is 9.45. The Balaban J connectivity index is 2.49. The zero-order valence-electron chi connectivity index (χ0n) is 11.1. The maximum atomic E-state index is 14.1. The van der Waals surface area contributed by atoms with E-state index >= 15 is 0 Å². The van der Waals surface area contributed by atoms with Crippen LogP contribution < -0.4 is 16.0 Å². The van der Waals surface area contributed by atoms with Gasteiger partial charge in [0.05, 0.1) is 23.8 Å². The molecule has 0 amide bonds. The Morgan fingerprint density at radius 3 is 2.80 bits per heavy atom. The van der Waals surface area contributed by atoms with Gasteiger partial charge in [0.2, 0.25) is 0 Å². The molecular weight excluding hydrogens is 327 g/mol. The third kappa shape index (κ3) is 2.56. The summed E-state index contributed by atoms with van der Waals surface area (Å²) >= 11 is 3.21. The van der Waals surface area contributed by atoms with Gasteiger partial charge in [0, 0.05) is 11.8 Å². The minimum absolute atomic E-state index is 0.0882. The third-order valence-electron chi connectivity index (χ3n) is 3.11. The van der Waals surface area contributed by atoms with Crippen LogP contribution in [0, 0.1) is 12.7 Å². The van der Waals surface area contributed by atoms with Crippen molar-refractivity contribution in [1.29, 1.82) is 0 Å². The van der Waals surface area contributed by atoms with Gasteiger partial charge in [0.15, 0.2) is 11.6 Å². The predicted molar refractivity (Wildman–Crippen MR) is 79.6 cm³/mol. The fraction of sp³-hybridized carbons (Fsp3) is 0.214. The van der Waals surface area contributed by atoms with Crippen molar-refractivity contribution in [3.8, 4) is 5.75 Å². The Bertz CT molecular complexity index is 713. The molecule has 0 fully saturated rings. The number of nitrogen functional groups attached to an aromatic ring is 1. The van der Waals surface area contributed by atoms with Crippen LogP contribution in [0.4, 0.5) is 10.1 Å². The number of hydrogen-bond donors (Lipinski definition) is 1. The van der Waals surface area contributed by atoms with Crippen LogP contribution >= 0.6 is 15.9 Å². The molecule has 0 bridgehead atoms. The molecule has 20 heavy (non-hydrogen) atoms. The fourth-order valence-corrected chi connectivity index (χ4v) is 2.33. The van der Waals surface area contributed by atoms with E-state index in [2.05, 4.69) is 15.9 Å². The average Bonchev–Trinajstić information content (AvgIpc) is 2.44. The predicted octanol–water partition coefficient (Wildman–Crippen LogP) is 2.70. The Morgan fingerprint density at radius 1 is 1.45 bits per heavy atom. The number of aromatic nitrogens is 1. The van der Waals surface area contributed by atoms with Crippen molar-refractivity contribution in [1.82, 2.24) is 4.57 Å². The highest BCUT2D eigenvalue weighted by molar-refractivity contribution is 9.10. The summed E-state index contributed by atoms with van der Waals surface area (Å²) in [7, 11) is 1.40. The van der Waals surface area contributed by atoms with Gasteiger partial charge in [-0.05, 0) is 34.5 Å². The quantitative estimate of drug-likeness (QED) is 0.934. The summed E-state index contributed by atoms with van der Waals surface area (Å²) in [5, 5.41) is 0. The molecule has 0 saturated heterocycles. The minimum atomic E-state index is -0.475. The molecule has 0 aliphatic rings. The SMILES string of the molecule is COc1cccc(Cn2cc(N)c(C)c(Br)c2=O)c1F. The van der Waals surface area contributed by atoms with Crippen molar-refractivity contribution in [3.63, 3.8) is 0 Å². The monoisotopic (exact) mass is 340 g/mol. The highest BCUT2D eigenvalue weighted by Gasteiger charge is 2.12. The zero-order chi connectivity index (χ0) is 14.9. The van der Waals surface area contributed by atoms with E-state index in [1.165, 1.54) is 23.9 Å². The second kappa shape index (κ2) is 5.66. The van der Waals surface area contributed by atoms with Crippen molar-refractivity contribution in [2.45, 2.75) is 13.5 Å². The molecular formula is C14H14BrFN2O2. The van der Waals surface area contributed by atoms with E-state index in [1.54, 1.807) is 19.1 Å². The molecule has 0 aliphatic heterocycles. The molecule has 0 aliphatic carbocycles. The molecule has 6 heteroatoms. The number of pyridine rings is 1. The number of halogens is 2. The van der Waals surface area contributed by atoms with Crippen LogP contribution in [0.3, 0.4) is 0 Å². The summed E-state index contributed by atoms with van der Waals surface area (Å²) in [5.74, 6) is -0.327. The lowest BCUT2D eigenvalue weighted by Gasteiger charge is -2.12. The number of benzene rings is 1. The number of hydrogen-bond acceptors (Lipinski definition) is 3. The van der Waals surface area contributed by atoms with Crippen LogP contribution in [0.5, 0.6) is 5.75 Å². The summed E-state index contributed by atoms with van der Waals surface area (Å²) in [6, 6.07) is 4.81. The topological polar surface area (TPSA) is 57.2 Å². The second-order valence-electron chi connectivity index (χ2n) is 4.39. The first kappa shape index (κ1) is 14.6. The van der Waals surface area contributed by atoms with E-state index in [-0.39, 0.29) is 17.9 Å². The second-order valence-corrected chi connectivity index (χ2v) is 5.18. The summed E-state index contributed by atoms with van der Waals surface area (Å²) < 4.78 is 20.8. The van der Waals surface area contributed by atoms with Crippen LogP contribution in [-0.4, -0.2) is 11.7 Å². The van der Waals surface area contributed by atoms with Crippen molar-refractivity contribution in [3.05, 3.63) is 56.2 Å². The summed E-state index contributed by atoms with van der Waals surface area (Å²) in [4.78, 5) is 12.1. The molecule has 4 nitrogen and oxygen atoms in total. The third-order valence-corrected chi connectivity index (χ3v) is 4.04. The lowest BCUT2D eigenvalue weighted by atomic mass is 10.2. The van der Waals surface area contributed by atoms with Gasteiger partial charge >= 0.3 is 0 Å². The molecule has 1 heterocycles. The van der Waals surface area contributed by atoms with Crippen LogP contribution in [0.2, 0.25) is 0 Å². The van der Waals surface area contributed by atoms with Gasteiger partial charge in [-0.15, -0.1) is 0 Å². The van der Waals surface area contributed by atoms with E-state index < -0.39 is 5.82 Å². The number of nitrogens with two attached hydrogens (primary N) is 1. The van der Waals surface area contributed by atoms with Gasteiger partial charge < -0.3 is 15.0 Å². The van der Waals surface area contributed by atoms with Gasteiger partial charge in [-0.2, -0.15) is 0 Å². The Labute approximate surface area is 124 Å². The molecule has 2 rings (SSSR count). The van der Waals surface area contributed by atoms with Gasteiger partial charge in [-0.3, -0.25) is 4.79 Å². The maximum absolute atomic E-state index is 14.1. The number of nitrogens with zero attached hydrogens (tertiary/aromatic N) is 1. The van der Waals surface area contributed by atoms with Crippen molar-refractivity contribution in [2.75, 3.05) is 12.8 Å². The first-order valence-electron chi connectivity index (χ1n) is 5.92. The van der Waals surface area contributed by atoms with E-state index in [9.17, 15) is 9.18 Å². The molecule has 2 aromatic rings. The van der Waals surface area contributed by atoms with Crippen LogP contribution in [-0.2, 0) is 6.54 Å². The van der Waals surface area contributed by atoms with Crippen LogP contribution in [0.25, 0.3) is 0 Å². The minimum Gasteiger partial charge on any atom is -0.494 e. The Morgan fingerprint density at radius 2 is 2.15 bits per heavy atom. The lowest BCUT2D eigenvalue weighted by Crippen LogP contribution is -2.23. The van der Waals surface area contributed by atoms with Crippen LogP contribution in [0.15, 0.2) is 33.7 Å².